The molecule has 0 aromatic heterocycles. The van der Waals surface area contributed by atoms with E-state index in [-0.39, 0.29) is 17.1 Å². The van der Waals surface area contributed by atoms with E-state index >= 15 is 0 Å². The van der Waals surface area contributed by atoms with E-state index in [4.69, 9.17) is 0 Å². The Morgan fingerprint density at radius 1 is 1.18 bits per heavy atom. The average Bonchev–Trinajstić information content (AvgIpc) is 2.74. The second-order valence-corrected chi connectivity index (χ2v) is 8.95. The summed E-state index contributed by atoms with van der Waals surface area (Å²) in [5.74, 6) is 0.103. The molecule has 118 valence electrons. The van der Waals surface area contributed by atoms with E-state index in [0.717, 1.165) is 23.0 Å². The van der Waals surface area contributed by atoms with Crippen molar-refractivity contribution in [2.45, 2.75) is 38.4 Å². The van der Waals surface area contributed by atoms with Crippen LogP contribution in [0.1, 0.15) is 33.6 Å². The standard InChI is InChI=1S/C17H19Br2NO2/c1-15(2)16(3)8-9-17(15,12(19)13(16)21)14(22)20-11-6-4-10(18)5-7-11/h4-7,12H,8-9H2,1-3H3,(H,20,22). The van der Waals surface area contributed by atoms with Gasteiger partial charge in [0.25, 0.3) is 0 Å². The molecule has 3 rings (SSSR count). The van der Waals surface area contributed by atoms with Gasteiger partial charge in [0.15, 0.2) is 5.78 Å². The summed E-state index contributed by atoms with van der Waals surface area (Å²) in [5.41, 5.74) is -0.736. The normalized spacial score (nSPS) is 35.7. The van der Waals surface area contributed by atoms with Crippen molar-refractivity contribution >= 4 is 49.2 Å². The smallest absolute Gasteiger partial charge is 0.232 e. The molecule has 1 amide bonds. The molecule has 1 aromatic rings. The van der Waals surface area contributed by atoms with Crippen LogP contribution in [-0.4, -0.2) is 16.5 Å². The molecule has 2 fully saturated rings. The zero-order chi connectivity index (χ0) is 16.3. The van der Waals surface area contributed by atoms with E-state index in [1.54, 1.807) is 0 Å². The molecule has 2 saturated carbocycles. The van der Waals surface area contributed by atoms with E-state index < -0.39 is 15.7 Å². The van der Waals surface area contributed by atoms with Gasteiger partial charge < -0.3 is 5.32 Å². The third-order valence-corrected chi connectivity index (χ3v) is 7.95. The predicted molar refractivity (Wildman–Crippen MR) is 94.0 cm³/mol. The minimum absolute atomic E-state index is 0.0590. The number of hydrogen-bond acceptors (Lipinski definition) is 2. The van der Waals surface area contributed by atoms with Crippen LogP contribution in [0.3, 0.4) is 0 Å². The average molecular weight is 429 g/mol. The maximum absolute atomic E-state index is 13.1. The number of rotatable bonds is 2. The molecule has 0 radical (unpaired) electrons. The monoisotopic (exact) mass is 427 g/mol. The summed E-state index contributed by atoms with van der Waals surface area (Å²) in [7, 11) is 0. The highest BCUT2D eigenvalue weighted by atomic mass is 79.9. The molecule has 0 aliphatic heterocycles. The number of carbonyl (C=O) groups excluding carboxylic acids is 2. The summed E-state index contributed by atoms with van der Waals surface area (Å²) < 4.78 is 0.965. The minimum atomic E-state index is -0.689. The van der Waals surface area contributed by atoms with Crippen LogP contribution < -0.4 is 5.32 Å². The minimum Gasteiger partial charge on any atom is -0.326 e. The van der Waals surface area contributed by atoms with Crippen LogP contribution in [0, 0.1) is 16.2 Å². The number of nitrogens with one attached hydrogen (secondary N) is 1. The first-order valence-corrected chi connectivity index (χ1v) is 9.13. The summed E-state index contributed by atoms with van der Waals surface area (Å²) in [6, 6.07) is 7.50. The molecule has 3 atom stereocenters. The fraction of sp³-hybridized carbons (Fsp3) is 0.529. The number of amides is 1. The Bertz CT molecular complexity index is 655. The van der Waals surface area contributed by atoms with Gasteiger partial charge in [-0.25, -0.2) is 0 Å². The largest absolute Gasteiger partial charge is 0.326 e. The molecule has 2 aliphatic rings. The topological polar surface area (TPSA) is 46.2 Å². The lowest BCUT2D eigenvalue weighted by Gasteiger charge is -2.39. The van der Waals surface area contributed by atoms with Crippen LogP contribution in [0.5, 0.6) is 0 Å². The Hall–Kier alpha value is -0.680. The van der Waals surface area contributed by atoms with E-state index in [1.165, 1.54) is 0 Å². The number of fused-ring (bicyclic) bond motifs is 2. The van der Waals surface area contributed by atoms with Gasteiger partial charge in [-0.2, -0.15) is 0 Å². The highest BCUT2D eigenvalue weighted by Crippen LogP contribution is 2.72. The molecule has 3 nitrogen and oxygen atoms in total. The number of alkyl halides is 1. The number of halogens is 2. The molecule has 1 aromatic carbocycles. The number of ketones is 1. The van der Waals surface area contributed by atoms with Crippen LogP contribution in [0.15, 0.2) is 28.7 Å². The van der Waals surface area contributed by atoms with Crippen molar-refractivity contribution in [2.24, 2.45) is 16.2 Å². The molecule has 1 N–H and O–H groups in total. The van der Waals surface area contributed by atoms with Crippen LogP contribution in [0.25, 0.3) is 0 Å². The van der Waals surface area contributed by atoms with Gasteiger partial charge in [0.05, 0.1) is 10.2 Å². The number of carbonyl (C=O) groups is 2. The van der Waals surface area contributed by atoms with Gasteiger partial charge in [-0.3, -0.25) is 9.59 Å². The zero-order valence-electron chi connectivity index (χ0n) is 12.9. The van der Waals surface area contributed by atoms with Crippen molar-refractivity contribution in [3.63, 3.8) is 0 Å². The van der Waals surface area contributed by atoms with Crippen molar-refractivity contribution in [3.05, 3.63) is 28.7 Å². The van der Waals surface area contributed by atoms with Gasteiger partial charge in [0.2, 0.25) is 5.91 Å². The molecule has 22 heavy (non-hydrogen) atoms. The second-order valence-electron chi connectivity index (χ2n) is 7.12. The Morgan fingerprint density at radius 3 is 2.27 bits per heavy atom. The predicted octanol–water partition coefficient (Wildman–Crippen LogP) is 4.55. The van der Waals surface area contributed by atoms with E-state index in [9.17, 15) is 9.59 Å². The van der Waals surface area contributed by atoms with Crippen LogP contribution in [0.2, 0.25) is 0 Å². The summed E-state index contributed by atoms with van der Waals surface area (Å²) in [6.45, 7) is 6.12. The number of hydrogen-bond donors (Lipinski definition) is 1. The van der Waals surface area contributed by atoms with Crippen molar-refractivity contribution in [1.29, 1.82) is 0 Å². The Morgan fingerprint density at radius 2 is 1.77 bits per heavy atom. The maximum atomic E-state index is 13.1. The van der Waals surface area contributed by atoms with Crippen molar-refractivity contribution < 1.29 is 9.59 Å². The quantitative estimate of drug-likeness (QED) is 0.702. The lowest BCUT2D eigenvalue weighted by atomic mass is 9.64. The lowest BCUT2D eigenvalue weighted by molar-refractivity contribution is -0.130. The van der Waals surface area contributed by atoms with Crippen molar-refractivity contribution in [3.8, 4) is 0 Å². The van der Waals surface area contributed by atoms with E-state index in [2.05, 4.69) is 51.0 Å². The number of Topliss-reactive ketones (excluding diaryl/α,β-unsaturated/α-hetero) is 1. The molecule has 3 unspecified atom stereocenters. The number of benzene rings is 1. The summed E-state index contributed by atoms with van der Waals surface area (Å²) in [6.07, 6.45) is 1.51. The van der Waals surface area contributed by atoms with E-state index in [1.807, 2.05) is 31.2 Å². The van der Waals surface area contributed by atoms with Gasteiger partial charge in [-0.1, -0.05) is 52.6 Å². The summed E-state index contributed by atoms with van der Waals surface area (Å²) in [4.78, 5) is 25.4. The fourth-order valence-corrected chi connectivity index (χ4v) is 6.01. The molecule has 0 spiro atoms. The molecular formula is C17H19Br2NO2. The summed E-state index contributed by atoms with van der Waals surface area (Å²) in [5, 5.41) is 3.01. The molecule has 0 saturated heterocycles. The lowest BCUT2D eigenvalue weighted by Crippen LogP contribution is -2.47. The highest BCUT2D eigenvalue weighted by molar-refractivity contribution is 9.10. The summed E-state index contributed by atoms with van der Waals surface area (Å²) >= 11 is 6.92. The fourth-order valence-electron chi connectivity index (χ4n) is 4.23. The molecular weight excluding hydrogens is 410 g/mol. The SMILES string of the molecule is CC12CCC(C(=O)Nc3ccc(Br)cc3)(C(Br)C1=O)C2(C)C. The van der Waals surface area contributed by atoms with Gasteiger partial charge in [-0.15, -0.1) is 0 Å². The third-order valence-electron chi connectivity index (χ3n) is 6.23. The second kappa shape index (κ2) is 4.91. The first-order valence-electron chi connectivity index (χ1n) is 7.42. The van der Waals surface area contributed by atoms with E-state index in [0.29, 0.717) is 0 Å². The molecule has 2 bridgehead atoms. The molecule has 5 heteroatoms. The van der Waals surface area contributed by atoms with Crippen molar-refractivity contribution in [2.75, 3.05) is 5.32 Å². The van der Waals surface area contributed by atoms with Crippen LogP contribution in [0.4, 0.5) is 5.69 Å². The van der Waals surface area contributed by atoms with Gasteiger partial charge >= 0.3 is 0 Å². The zero-order valence-corrected chi connectivity index (χ0v) is 16.0. The first kappa shape index (κ1) is 16.2. The Kier molecular flexibility index (Phi) is 3.61. The van der Waals surface area contributed by atoms with Crippen LogP contribution >= 0.6 is 31.9 Å². The highest BCUT2D eigenvalue weighted by Gasteiger charge is 2.76. The maximum Gasteiger partial charge on any atom is 0.232 e. The van der Waals surface area contributed by atoms with Crippen molar-refractivity contribution in [1.82, 2.24) is 0 Å². The van der Waals surface area contributed by atoms with Gasteiger partial charge in [0.1, 0.15) is 0 Å². The number of anilines is 1. The van der Waals surface area contributed by atoms with Crippen LogP contribution in [-0.2, 0) is 9.59 Å². The Balaban J connectivity index is 1.97. The van der Waals surface area contributed by atoms with Gasteiger partial charge in [0, 0.05) is 15.6 Å². The molecule has 0 heterocycles. The third kappa shape index (κ3) is 1.78. The first-order chi connectivity index (χ1) is 10.2. The molecule has 2 aliphatic carbocycles. The Labute approximate surface area is 147 Å². The van der Waals surface area contributed by atoms with Gasteiger partial charge in [-0.05, 0) is 42.5 Å².